The molecule has 0 unspecified atom stereocenters. The number of halogens is 1. The van der Waals surface area contributed by atoms with Crippen molar-refractivity contribution in [3.8, 4) is 6.07 Å². The van der Waals surface area contributed by atoms with E-state index in [1.165, 1.54) is 31.4 Å². The summed E-state index contributed by atoms with van der Waals surface area (Å²) in [7, 11) is 0. The fraction of sp³-hybridized carbons (Fsp3) is 0.467. The topological polar surface area (TPSA) is 48.2 Å². The van der Waals surface area contributed by atoms with Gasteiger partial charge in [0.25, 0.3) is 0 Å². The molecule has 0 aromatic heterocycles. The lowest BCUT2D eigenvalue weighted by Crippen LogP contribution is -2.29. The minimum absolute atomic E-state index is 0.0611. The smallest absolute Gasteiger partial charge is 0.161 e. The molecule has 1 heterocycles. The lowest BCUT2D eigenvalue weighted by molar-refractivity contribution is 0.335. The molecule has 0 saturated heterocycles. The predicted octanol–water partition coefficient (Wildman–Crippen LogP) is 3.91. The summed E-state index contributed by atoms with van der Waals surface area (Å²) >= 11 is 1.72. The summed E-state index contributed by atoms with van der Waals surface area (Å²) in [6.45, 7) is 0. The van der Waals surface area contributed by atoms with E-state index in [1.807, 2.05) is 6.07 Å². The van der Waals surface area contributed by atoms with E-state index in [9.17, 15) is 4.39 Å². The van der Waals surface area contributed by atoms with Gasteiger partial charge in [-0.2, -0.15) is 5.26 Å². The molecule has 1 fully saturated rings. The SMILES string of the molecule is N#Cc1cc(NC2=NC3(CCCCC3)CS2)ccc1F. The first-order chi connectivity index (χ1) is 9.71. The van der Waals surface area contributed by atoms with Crippen LogP contribution >= 0.6 is 11.8 Å². The molecule has 5 heteroatoms. The second kappa shape index (κ2) is 5.45. The maximum absolute atomic E-state index is 13.3. The number of nitrogens with zero attached hydrogens (tertiary/aromatic N) is 2. The van der Waals surface area contributed by atoms with Crippen LogP contribution in [0.5, 0.6) is 0 Å². The third kappa shape index (κ3) is 2.66. The number of hydrogen-bond acceptors (Lipinski definition) is 4. The van der Waals surface area contributed by atoms with Gasteiger partial charge in [0, 0.05) is 11.4 Å². The summed E-state index contributed by atoms with van der Waals surface area (Å²) in [5, 5.41) is 12.9. The number of nitrogens with one attached hydrogen (secondary N) is 1. The van der Waals surface area contributed by atoms with E-state index in [4.69, 9.17) is 10.3 Å². The summed E-state index contributed by atoms with van der Waals surface area (Å²) < 4.78 is 13.3. The number of amidine groups is 1. The average molecular weight is 289 g/mol. The van der Waals surface area contributed by atoms with Crippen LogP contribution in [0.4, 0.5) is 10.1 Å². The van der Waals surface area contributed by atoms with Crippen LogP contribution in [-0.2, 0) is 0 Å². The van der Waals surface area contributed by atoms with Crippen LogP contribution in [0.15, 0.2) is 23.2 Å². The highest BCUT2D eigenvalue weighted by molar-refractivity contribution is 8.14. The van der Waals surface area contributed by atoms with Gasteiger partial charge in [0.15, 0.2) is 5.17 Å². The molecule has 104 valence electrons. The number of thioether (sulfide) groups is 1. The van der Waals surface area contributed by atoms with Gasteiger partial charge in [-0.3, -0.25) is 4.99 Å². The molecule has 0 amide bonds. The molecule has 20 heavy (non-hydrogen) atoms. The van der Waals surface area contributed by atoms with E-state index in [1.54, 1.807) is 17.8 Å². The first kappa shape index (κ1) is 13.4. The zero-order valence-electron chi connectivity index (χ0n) is 11.2. The van der Waals surface area contributed by atoms with Crippen LogP contribution in [0, 0.1) is 17.1 Å². The Morgan fingerprint density at radius 1 is 1.30 bits per heavy atom. The van der Waals surface area contributed by atoms with E-state index in [0.29, 0.717) is 0 Å². The monoisotopic (exact) mass is 289 g/mol. The fourth-order valence-electron chi connectivity index (χ4n) is 2.82. The van der Waals surface area contributed by atoms with Crippen LogP contribution in [0.3, 0.4) is 0 Å². The van der Waals surface area contributed by atoms with Gasteiger partial charge in [-0.25, -0.2) is 4.39 Å². The Bertz CT molecular complexity index is 585. The largest absolute Gasteiger partial charge is 0.335 e. The minimum Gasteiger partial charge on any atom is -0.335 e. The Hall–Kier alpha value is -1.54. The van der Waals surface area contributed by atoms with Gasteiger partial charge in [0.2, 0.25) is 0 Å². The standard InChI is InChI=1S/C15H16FN3S/c16-13-5-4-12(8-11(13)9-17)18-14-19-15(10-20-14)6-2-1-3-7-15/h4-5,8H,1-3,6-7,10H2,(H,18,19). The van der Waals surface area contributed by atoms with Crippen LogP contribution in [0.2, 0.25) is 0 Å². The summed E-state index contributed by atoms with van der Waals surface area (Å²) in [5.74, 6) is 0.546. The third-order valence-electron chi connectivity index (χ3n) is 3.94. The van der Waals surface area contributed by atoms with Crippen LogP contribution in [-0.4, -0.2) is 16.5 Å². The van der Waals surface area contributed by atoms with Gasteiger partial charge in [0.1, 0.15) is 11.9 Å². The van der Waals surface area contributed by atoms with Gasteiger partial charge in [-0.1, -0.05) is 31.0 Å². The van der Waals surface area contributed by atoms with E-state index in [0.717, 1.165) is 29.4 Å². The first-order valence-electron chi connectivity index (χ1n) is 6.90. The van der Waals surface area contributed by atoms with Crippen molar-refractivity contribution < 1.29 is 4.39 Å². The molecule has 2 aliphatic rings. The molecule has 1 N–H and O–H groups in total. The number of benzene rings is 1. The van der Waals surface area contributed by atoms with Crippen molar-refractivity contribution in [2.75, 3.05) is 11.1 Å². The lowest BCUT2D eigenvalue weighted by Gasteiger charge is -2.29. The Morgan fingerprint density at radius 3 is 2.85 bits per heavy atom. The first-order valence-corrected chi connectivity index (χ1v) is 7.89. The number of hydrogen-bond donors (Lipinski definition) is 1. The summed E-state index contributed by atoms with van der Waals surface area (Å²) in [6, 6.07) is 6.35. The number of nitriles is 1. The van der Waals surface area contributed by atoms with Gasteiger partial charge in [0.05, 0.1) is 11.1 Å². The maximum Gasteiger partial charge on any atom is 0.161 e. The number of aliphatic imine (C=N–C) groups is 1. The van der Waals surface area contributed by atoms with Crippen molar-refractivity contribution in [2.24, 2.45) is 4.99 Å². The second-order valence-electron chi connectivity index (χ2n) is 5.42. The lowest BCUT2D eigenvalue weighted by atomic mass is 9.84. The third-order valence-corrected chi connectivity index (χ3v) is 5.09. The van der Waals surface area contributed by atoms with Gasteiger partial charge in [-0.15, -0.1) is 0 Å². The molecular formula is C15H16FN3S. The molecular weight excluding hydrogens is 273 g/mol. The van der Waals surface area contributed by atoms with E-state index < -0.39 is 5.82 Å². The van der Waals surface area contributed by atoms with E-state index in [2.05, 4.69) is 5.32 Å². The Balaban J connectivity index is 1.75. The quantitative estimate of drug-likeness (QED) is 0.852. The average Bonchev–Trinajstić information content (AvgIpc) is 2.84. The van der Waals surface area contributed by atoms with Crippen molar-refractivity contribution in [1.82, 2.24) is 0 Å². The van der Waals surface area contributed by atoms with E-state index >= 15 is 0 Å². The molecule has 0 atom stereocenters. The predicted molar refractivity (Wildman–Crippen MR) is 80.4 cm³/mol. The zero-order chi connectivity index (χ0) is 14.0. The van der Waals surface area contributed by atoms with Gasteiger partial charge < -0.3 is 5.32 Å². The van der Waals surface area contributed by atoms with Crippen LogP contribution < -0.4 is 5.32 Å². The van der Waals surface area contributed by atoms with Gasteiger partial charge in [-0.05, 0) is 31.0 Å². The van der Waals surface area contributed by atoms with Crippen LogP contribution in [0.1, 0.15) is 37.7 Å². The van der Waals surface area contributed by atoms with Crippen molar-refractivity contribution >= 4 is 22.6 Å². The molecule has 1 aliphatic carbocycles. The molecule has 1 aromatic rings. The second-order valence-corrected chi connectivity index (χ2v) is 6.39. The highest BCUT2D eigenvalue weighted by atomic mass is 32.2. The van der Waals surface area contributed by atoms with Crippen molar-refractivity contribution in [2.45, 2.75) is 37.6 Å². The minimum atomic E-state index is -0.484. The Morgan fingerprint density at radius 2 is 2.10 bits per heavy atom. The zero-order valence-corrected chi connectivity index (χ0v) is 12.0. The summed E-state index contributed by atoms with van der Waals surface area (Å²) in [5.41, 5.74) is 0.900. The highest BCUT2D eigenvalue weighted by Gasteiger charge is 2.36. The normalized spacial score (nSPS) is 20.5. The van der Waals surface area contributed by atoms with Gasteiger partial charge >= 0.3 is 0 Å². The Labute approximate surface area is 122 Å². The van der Waals surface area contributed by atoms with Crippen molar-refractivity contribution in [3.63, 3.8) is 0 Å². The summed E-state index contributed by atoms with van der Waals surface area (Å²) in [6.07, 6.45) is 6.16. The molecule has 1 aliphatic heterocycles. The van der Waals surface area contributed by atoms with Crippen LogP contribution in [0.25, 0.3) is 0 Å². The Kier molecular flexibility index (Phi) is 3.66. The van der Waals surface area contributed by atoms with Crippen molar-refractivity contribution in [1.29, 1.82) is 5.26 Å². The molecule has 0 radical (unpaired) electrons. The molecule has 3 nitrogen and oxygen atoms in total. The number of rotatable bonds is 1. The highest BCUT2D eigenvalue weighted by Crippen LogP contribution is 2.39. The molecule has 1 spiro atoms. The molecule has 3 rings (SSSR count). The molecule has 1 saturated carbocycles. The molecule has 0 bridgehead atoms. The fourth-order valence-corrected chi connectivity index (χ4v) is 4.03. The van der Waals surface area contributed by atoms with Crippen molar-refractivity contribution in [3.05, 3.63) is 29.6 Å². The maximum atomic E-state index is 13.3. The number of anilines is 1. The van der Waals surface area contributed by atoms with E-state index in [-0.39, 0.29) is 11.1 Å². The summed E-state index contributed by atoms with van der Waals surface area (Å²) in [4.78, 5) is 4.84. The molecule has 1 aromatic carbocycles.